The molecule has 0 aliphatic heterocycles. The van der Waals surface area contributed by atoms with E-state index in [1.165, 1.54) is 0 Å². The van der Waals surface area contributed by atoms with E-state index in [9.17, 15) is 0 Å². The lowest BCUT2D eigenvalue weighted by atomic mass is 9.98. The van der Waals surface area contributed by atoms with Crippen LogP contribution in [-0.2, 0) is 18.4 Å². The van der Waals surface area contributed by atoms with Crippen molar-refractivity contribution in [1.82, 2.24) is 19.7 Å². The highest BCUT2D eigenvalue weighted by atomic mass is 32.1. The highest BCUT2D eigenvalue weighted by Crippen LogP contribution is 2.35. The van der Waals surface area contributed by atoms with E-state index in [-0.39, 0.29) is 5.41 Å². The quantitative estimate of drug-likeness (QED) is 0.855. The predicted octanol–water partition coefficient (Wildman–Crippen LogP) is 4.33. The van der Waals surface area contributed by atoms with Crippen LogP contribution in [0.3, 0.4) is 0 Å². The summed E-state index contributed by atoms with van der Waals surface area (Å²) < 4.78 is 2.77. The van der Waals surface area contributed by atoms with Crippen molar-refractivity contribution in [2.24, 2.45) is 0 Å². The van der Waals surface area contributed by atoms with Crippen LogP contribution in [0.4, 0.5) is 0 Å². The number of hydrogen-bond donors (Lipinski definition) is 1. The van der Waals surface area contributed by atoms with Gasteiger partial charge in [0.1, 0.15) is 0 Å². The van der Waals surface area contributed by atoms with Gasteiger partial charge in [-0.1, -0.05) is 34.6 Å². The van der Waals surface area contributed by atoms with Gasteiger partial charge in [0.05, 0.1) is 15.6 Å². The van der Waals surface area contributed by atoms with E-state index in [1.807, 2.05) is 0 Å². The predicted molar refractivity (Wildman–Crippen MR) is 86.9 cm³/mol. The van der Waals surface area contributed by atoms with E-state index >= 15 is 0 Å². The Morgan fingerprint density at radius 3 is 2.55 bits per heavy atom. The van der Waals surface area contributed by atoms with Crippen LogP contribution < -0.4 is 0 Å². The summed E-state index contributed by atoms with van der Waals surface area (Å²) in [6, 6.07) is 0. The van der Waals surface area contributed by atoms with E-state index in [0.717, 1.165) is 40.8 Å². The van der Waals surface area contributed by atoms with Crippen molar-refractivity contribution in [2.75, 3.05) is 0 Å². The molecule has 0 aromatic carbocycles. The van der Waals surface area contributed by atoms with Gasteiger partial charge in [-0.15, -0.1) is 11.3 Å². The summed E-state index contributed by atoms with van der Waals surface area (Å²) in [6.45, 7) is 11.7. The molecule has 20 heavy (non-hydrogen) atoms. The molecule has 0 unspecified atom stereocenters. The van der Waals surface area contributed by atoms with Crippen LogP contribution >= 0.6 is 23.6 Å². The molecule has 0 bridgehead atoms. The first-order valence-electron chi connectivity index (χ1n) is 7.04. The van der Waals surface area contributed by atoms with Gasteiger partial charge in [-0.25, -0.2) is 4.98 Å². The first-order valence-corrected chi connectivity index (χ1v) is 8.26. The molecule has 6 heteroatoms. The Hall–Kier alpha value is -1.01. The summed E-state index contributed by atoms with van der Waals surface area (Å²) in [5, 5.41) is 8.49. The molecule has 0 amide bonds. The lowest BCUT2D eigenvalue weighted by Crippen LogP contribution is -2.10. The topological polar surface area (TPSA) is 46.5 Å². The van der Waals surface area contributed by atoms with Gasteiger partial charge < -0.3 is 0 Å². The third kappa shape index (κ3) is 2.86. The average molecular weight is 310 g/mol. The molecule has 2 aromatic rings. The normalized spacial score (nSPS) is 12.1. The minimum atomic E-state index is 0.0650. The minimum absolute atomic E-state index is 0.0650. The summed E-state index contributed by atoms with van der Waals surface area (Å²) >= 11 is 7.06. The second kappa shape index (κ2) is 5.77. The van der Waals surface area contributed by atoms with E-state index in [1.54, 1.807) is 11.3 Å². The molecule has 0 aliphatic carbocycles. The van der Waals surface area contributed by atoms with Crippen molar-refractivity contribution in [3.63, 3.8) is 0 Å². The van der Waals surface area contributed by atoms with Crippen molar-refractivity contribution in [3.8, 4) is 10.7 Å². The zero-order chi connectivity index (χ0) is 14.9. The molecule has 0 fully saturated rings. The van der Waals surface area contributed by atoms with Gasteiger partial charge in [0.2, 0.25) is 0 Å². The first-order chi connectivity index (χ1) is 9.38. The Kier molecular flexibility index (Phi) is 4.44. The zero-order valence-corrected chi connectivity index (χ0v) is 14.4. The van der Waals surface area contributed by atoms with Gasteiger partial charge >= 0.3 is 0 Å². The zero-order valence-electron chi connectivity index (χ0n) is 12.8. The number of H-pyrrole nitrogens is 1. The Morgan fingerprint density at radius 2 is 2.00 bits per heavy atom. The molecular formula is C14H22N4S2. The number of rotatable bonds is 4. The highest BCUT2D eigenvalue weighted by Gasteiger charge is 2.23. The lowest BCUT2D eigenvalue weighted by Gasteiger charge is -2.13. The number of aromatic nitrogens is 4. The standard InChI is InChI=1S/C14H22N4S2/c1-6-8-18-11(16-17-13(18)19)10-9(7-2)15-12(20-10)14(3,4)5/h6-8H2,1-5H3,(H,17,19). The molecule has 0 atom stereocenters. The van der Waals surface area contributed by atoms with Gasteiger partial charge in [-0.3, -0.25) is 9.67 Å². The number of nitrogens with zero attached hydrogens (tertiary/aromatic N) is 3. The summed E-state index contributed by atoms with van der Waals surface area (Å²) in [5.74, 6) is 0.932. The smallest absolute Gasteiger partial charge is 0.195 e. The maximum Gasteiger partial charge on any atom is 0.195 e. The largest absolute Gasteiger partial charge is 0.299 e. The highest BCUT2D eigenvalue weighted by molar-refractivity contribution is 7.71. The molecule has 110 valence electrons. The second-order valence-electron chi connectivity index (χ2n) is 5.90. The summed E-state index contributed by atoms with van der Waals surface area (Å²) in [5.41, 5.74) is 1.18. The van der Waals surface area contributed by atoms with Crippen LogP contribution in [0.5, 0.6) is 0 Å². The number of hydrogen-bond acceptors (Lipinski definition) is 4. The van der Waals surface area contributed by atoms with Crippen LogP contribution in [0.1, 0.15) is 51.7 Å². The molecule has 0 radical (unpaired) electrons. The molecule has 2 aromatic heterocycles. The summed E-state index contributed by atoms with van der Waals surface area (Å²) in [7, 11) is 0. The summed E-state index contributed by atoms with van der Waals surface area (Å²) in [4.78, 5) is 5.96. The van der Waals surface area contributed by atoms with E-state index < -0.39 is 0 Å². The third-order valence-electron chi connectivity index (χ3n) is 3.08. The van der Waals surface area contributed by atoms with Crippen LogP contribution in [0.25, 0.3) is 10.7 Å². The van der Waals surface area contributed by atoms with Crippen molar-refractivity contribution in [2.45, 2.75) is 59.4 Å². The first kappa shape index (κ1) is 15.4. The minimum Gasteiger partial charge on any atom is -0.299 e. The number of aromatic amines is 1. The van der Waals surface area contributed by atoms with E-state index in [2.05, 4.69) is 49.4 Å². The molecule has 0 spiro atoms. The second-order valence-corrected chi connectivity index (χ2v) is 7.29. The fraction of sp³-hybridized carbons (Fsp3) is 0.643. The van der Waals surface area contributed by atoms with Gasteiger partial charge in [-0.2, -0.15) is 5.10 Å². The molecular weight excluding hydrogens is 288 g/mol. The number of thiazole rings is 1. The molecule has 1 N–H and O–H groups in total. The molecule has 2 heterocycles. The van der Waals surface area contributed by atoms with Gasteiger partial charge in [-0.05, 0) is 25.1 Å². The number of nitrogens with one attached hydrogen (secondary N) is 1. The van der Waals surface area contributed by atoms with E-state index in [4.69, 9.17) is 17.2 Å². The Balaban J connectivity index is 2.58. The van der Waals surface area contributed by atoms with Crippen LogP contribution in [0.2, 0.25) is 0 Å². The average Bonchev–Trinajstić information content (AvgIpc) is 2.94. The fourth-order valence-electron chi connectivity index (χ4n) is 2.01. The maximum absolute atomic E-state index is 5.33. The lowest BCUT2D eigenvalue weighted by molar-refractivity contribution is 0.583. The monoisotopic (exact) mass is 310 g/mol. The van der Waals surface area contributed by atoms with Gasteiger partial charge in [0.15, 0.2) is 10.6 Å². The molecule has 4 nitrogen and oxygen atoms in total. The van der Waals surface area contributed by atoms with Crippen molar-refractivity contribution < 1.29 is 0 Å². The molecule has 0 aliphatic rings. The Labute approximate surface area is 129 Å². The molecule has 0 saturated heterocycles. The summed E-state index contributed by atoms with van der Waals surface area (Å²) in [6.07, 6.45) is 1.95. The molecule has 2 rings (SSSR count). The van der Waals surface area contributed by atoms with Crippen molar-refractivity contribution in [1.29, 1.82) is 0 Å². The van der Waals surface area contributed by atoms with Gasteiger partial charge in [0.25, 0.3) is 0 Å². The van der Waals surface area contributed by atoms with Crippen LogP contribution in [0.15, 0.2) is 0 Å². The van der Waals surface area contributed by atoms with Crippen LogP contribution in [-0.4, -0.2) is 19.7 Å². The molecule has 0 saturated carbocycles. The van der Waals surface area contributed by atoms with E-state index in [0.29, 0.717) is 4.77 Å². The SMILES string of the molecule is CCCn1c(-c2sc(C(C)(C)C)nc2CC)n[nH]c1=S. The Bertz CT molecular complexity index is 643. The third-order valence-corrected chi connectivity index (χ3v) is 4.91. The van der Waals surface area contributed by atoms with Crippen molar-refractivity contribution >= 4 is 23.6 Å². The van der Waals surface area contributed by atoms with Gasteiger partial charge in [0, 0.05) is 12.0 Å². The van der Waals surface area contributed by atoms with Crippen LogP contribution in [0, 0.1) is 4.77 Å². The van der Waals surface area contributed by atoms with Crippen molar-refractivity contribution in [3.05, 3.63) is 15.5 Å². The fourth-order valence-corrected chi connectivity index (χ4v) is 3.44. The maximum atomic E-state index is 5.33. The Morgan fingerprint density at radius 1 is 1.30 bits per heavy atom. The number of aryl methyl sites for hydroxylation is 1.